The third-order valence-corrected chi connectivity index (χ3v) is 2.68. The Bertz CT molecular complexity index is 106. The maximum absolute atomic E-state index is 10.2. The summed E-state index contributed by atoms with van der Waals surface area (Å²) >= 11 is 6.18. The van der Waals surface area contributed by atoms with E-state index >= 15 is 0 Å². The molecule has 0 saturated carbocycles. The number of rotatable bonds is 3. The molecule has 0 amide bonds. The standard InChI is InChI=1S/CH3ClIO4P/c2-1-6-8(4,5)7-3/h1H2,(H,4,5). The van der Waals surface area contributed by atoms with Crippen molar-refractivity contribution in [3.63, 3.8) is 0 Å². The van der Waals surface area contributed by atoms with Gasteiger partial charge in [-0.15, -0.1) is 0 Å². The molecule has 0 aliphatic heterocycles. The highest BCUT2D eigenvalue weighted by atomic mass is 127. The third-order valence-electron chi connectivity index (χ3n) is 0.299. The molecule has 0 fully saturated rings. The fraction of sp³-hybridized carbons (Fsp3) is 1.00. The molecule has 0 saturated heterocycles. The van der Waals surface area contributed by atoms with Crippen LogP contribution in [-0.2, 0) is 11.9 Å². The van der Waals surface area contributed by atoms with E-state index in [2.05, 4.69) is 7.38 Å². The quantitative estimate of drug-likeness (QED) is 0.482. The summed E-state index contributed by atoms with van der Waals surface area (Å²) in [6.45, 7) is 0. The van der Waals surface area contributed by atoms with E-state index in [1.807, 2.05) is 0 Å². The largest absolute Gasteiger partial charge is 0.482 e. The van der Waals surface area contributed by atoms with Gasteiger partial charge in [-0.3, -0.25) is 4.52 Å². The van der Waals surface area contributed by atoms with Gasteiger partial charge >= 0.3 is 7.82 Å². The Morgan fingerprint density at radius 1 is 1.88 bits per heavy atom. The summed E-state index contributed by atoms with van der Waals surface area (Å²) in [5.41, 5.74) is 0. The van der Waals surface area contributed by atoms with Gasteiger partial charge in [-0.25, -0.2) is 7.42 Å². The van der Waals surface area contributed by atoms with Crippen molar-refractivity contribution < 1.29 is 16.8 Å². The van der Waals surface area contributed by atoms with E-state index in [1.165, 1.54) is 23.0 Å². The summed E-state index contributed by atoms with van der Waals surface area (Å²) in [6, 6.07) is -0.350. The predicted molar refractivity (Wildman–Crippen MR) is 36.7 cm³/mol. The zero-order valence-corrected chi connectivity index (χ0v) is 7.39. The molecular formula is CH3ClIO4P. The summed E-state index contributed by atoms with van der Waals surface area (Å²) < 4.78 is 18.2. The maximum Gasteiger partial charge on any atom is 0.482 e. The van der Waals surface area contributed by atoms with Gasteiger partial charge in [0.2, 0.25) is 0 Å². The van der Waals surface area contributed by atoms with Crippen LogP contribution in [-0.4, -0.2) is 11.0 Å². The van der Waals surface area contributed by atoms with Gasteiger partial charge in [-0.1, -0.05) is 11.6 Å². The van der Waals surface area contributed by atoms with Crippen molar-refractivity contribution in [1.82, 2.24) is 0 Å². The van der Waals surface area contributed by atoms with Gasteiger partial charge in [0.25, 0.3) is 0 Å². The first-order valence-electron chi connectivity index (χ1n) is 1.46. The Labute approximate surface area is 65.4 Å². The third kappa shape index (κ3) is 4.05. The number of halogens is 2. The van der Waals surface area contributed by atoms with Crippen LogP contribution in [0.2, 0.25) is 0 Å². The zero-order valence-electron chi connectivity index (χ0n) is 3.58. The number of hydrogen-bond donors (Lipinski definition) is 1. The highest BCUT2D eigenvalue weighted by molar-refractivity contribution is 14.1. The highest BCUT2D eigenvalue weighted by Gasteiger charge is 2.17. The van der Waals surface area contributed by atoms with Crippen molar-refractivity contribution >= 4 is 42.4 Å². The number of alkyl halides is 1. The minimum absolute atomic E-state index is 0.350. The average Bonchev–Trinajstić information content (AvgIpc) is 1.67. The molecule has 4 nitrogen and oxygen atoms in total. The monoisotopic (exact) mass is 272 g/mol. The van der Waals surface area contributed by atoms with Crippen LogP contribution >= 0.6 is 42.4 Å². The molecule has 0 aromatic rings. The highest BCUT2D eigenvalue weighted by Crippen LogP contribution is 2.45. The lowest BCUT2D eigenvalue weighted by Gasteiger charge is -2.01. The molecule has 0 spiro atoms. The normalized spacial score (nSPS) is 17.9. The molecule has 0 rings (SSSR count). The second-order valence-corrected chi connectivity index (χ2v) is 3.51. The van der Waals surface area contributed by atoms with Crippen LogP contribution in [0, 0.1) is 0 Å². The summed E-state index contributed by atoms with van der Waals surface area (Å²) in [7, 11) is -3.82. The van der Waals surface area contributed by atoms with E-state index in [4.69, 9.17) is 16.5 Å². The maximum atomic E-state index is 10.2. The first-order chi connectivity index (χ1) is 3.62. The first-order valence-corrected chi connectivity index (χ1v) is 4.37. The second-order valence-electron chi connectivity index (χ2n) is 0.776. The van der Waals surface area contributed by atoms with Crippen LogP contribution in [0.4, 0.5) is 0 Å². The Hall–Kier alpha value is 1.13. The van der Waals surface area contributed by atoms with Crippen LogP contribution < -0.4 is 0 Å². The molecule has 8 heavy (non-hydrogen) atoms. The molecule has 0 aliphatic carbocycles. The van der Waals surface area contributed by atoms with Gasteiger partial charge in [0, 0.05) is 0 Å². The minimum Gasteiger partial charge on any atom is -0.302 e. The lowest BCUT2D eigenvalue weighted by atomic mass is 11.7. The SMILES string of the molecule is O=P(O)(OI)OCCl. The fourth-order valence-corrected chi connectivity index (χ4v) is 0.956. The fourth-order valence-electron chi connectivity index (χ4n) is 0.0816. The molecule has 1 atom stereocenters. The molecule has 50 valence electrons. The molecule has 1 unspecified atom stereocenters. The summed E-state index contributed by atoms with van der Waals surface area (Å²) in [5, 5.41) is 0. The van der Waals surface area contributed by atoms with Crippen LogP contribution in [0.25, 0.3) is 0 Å². The topological polar surface area (TPSA) is 55.8 Å². The van der Waals surface area contributed by atoms with E-state index < -0.39 is 7.82 Å². The Morgan fingerprint density at radius 3 is 2.50 bits per heavy atom. The van der Waals surface area contributed by atoms with Crippen molar-refractivity contribution in [1.29, 1.82) is 0 Å². The van der Waals surface area contributed by atoms with Crippen molar-refractivity contribution in [2.75, 3.05) is 6.07 Å². The van der Waals surface area contributed by atoms with Gasteiger partial charge < -0.3 is 4.89 Å². The van der Waals surface area contributed by atoms with Gasteiger partial charge in [0.05, 0.1) is 0 Å². The molecule has 0 heterocycles. The van der Waals surface area contributed by atoms with Crippen molar-refractivity contribution in [3.8, 4) is 0 Å². The van der Waals surface area contributed by atoms with Crippen LogP contribution in [0.5, 0.6) is 0 Å². The number of hydrogen-bond acceptors (Lipinski definition) is 3. The van der Waals surface area contributed by atoms with Crippen LogP contribution in [0.15, 0.2) is 0 Å². The summed E-state index contributed by atoms with van der Waals surface area (Å²) in [5.74, 6) is 0. The van der Waals surface area contributed by atoms with E-state index in [0.29, 0.717) is 0 Å². The van der Waals surface area contributed by atoms with Gasteiger partial charge in [0.1, 0.15) is 29.1 Å². The molecule has 7 heteroatoms. The zero-order chi connectivity index (χ0) is 6.62. The van der Waals surface area contributed by atoms with Crippen LogP contribution in [0.1, 0.15) is 0 Å². The van der Waals surface area contributed by atoms with E-state index in [0.717, 1.165) is 0 Å². The molecule has 0 aromatic carbocycles. The van der Waals surface area contributed by atoms with Crippen molar-refractivity contribution in [3.05, 3.63) is 0 Å². The molecule has 0 aliphatic rings. The van der Waals surface area contributed by atoms with Gasteiger partial charge in [-0.2, -0.15) is 0 Å². The number of phosphoric acid groups is 1. The Kier molecular flexibility index (Phi) is 4.60. The Morgan fingerprint density at radius 2 is 2.38 bits per heavy atom. The summed E-state index contributed by atoms with van der Waals surface area (Å²) in [4.78, 5) is 8.34. The van der Waals surface area contributed by atoms with Crippen molar-refractivity contribution in [2.45, 2.75) is 0 Å². The number of phosphoric ester groups is 1. The van der Waals surface area contributed by atoms with Gasteiger partial charge in [0.15, 0.2) is 0 Å². The minimum atomic E-state index is -3.82. The molecular weight excluding hydrogens is 269 g/mol. The van der Waals surface area contributed by atoms with E-state index in [9.17, 15) is 4.57 Å². The molecule has 0 radical (unpaired) electrons. The second kappa shape index (κ2) is 4.03. The smallest absolute Gasteiger partial charge is 0.302 e. The predicted octanol–water partition coefficient (Wildman–Crippen LogP) is 1.67. The first kappa shape index (κ1) is 9.13. The van der Waals surface area contributed by atoms with Crippen LogP contribution in [0.3, 0.4) is 0 Å². The Balaban J connectivity index is 3.55. The molecule has 0 aromatic heterocycles. The lowest BCUT2D eigenvalue weighted by molar-refractivity contribution is 0.252. The van der Waals surface area contributed by atoms with Gasteiger partial charge in [-0.05, 0) is 0 Å². The van der Waals surface area contributed by atoms with E-state index in [1.54, 1.807) is 0 Å². The lowest BCUT2D eigenvalue weighted by Crippen LogP contribution is -1.83. The van der Waals surface area contributed by atoms with E-state index in [-0.39, 0.29) is 6.07 Å². The molecule has 1 N–H and O–H groups in total. The molecule has 0 bridgehead atoms. The van der Waals surface area contributed by atoms with Crippen molar-refractivity contribution in [2.24, 2.45) is 0 Å². The summed E-state index contributed by atoms with van der Waals surface area (Å²) in [6.07, 6.45) is 0. The average molecular weight is 272 g/mol.